The normalized spacial score (nSPS) is 22.4. The standard InChI is InChI=1S/C13H15N3O/c1-2-9-8-11(9)14-13-15-12(17-16-13)10-6-4-3-5-7-10/h3-7,9,11H,2,8H2,1H3,(H,14,16). The summed E-state index contributed by atoms with van der Waals surface area (Å²) >= 11 is 0. The molecule has 2 unspecified atom stereocenters. The highest BCUT2D eigenvalue weighted by atomic mass is 16.5. The van der Waals surface area contributed by atoms with E-state index >= 15 is 0 Å². The van der Waals surface area contributed by atoms with E-state index in [-0.39, 0.29) is 0 Å². The van der Waals surface area contributed by atoms with Crippen LogP contribution in [0.1, 0.15) is 19.8 Å². The quantitative estimate of drug-likeness (QED) is 0.875. The summed E-state index contributed by atoms with van der Waals surface area (Å²) in [5.74, 6) is 1.94. The van der Waals surface area contributed by atoms with Crippen molar-refractivity contribution in [2.45, 2.75) is 25.8 Å². The van der Waals surface area contributed by atoms with Gasteiger partial charge in [-0.05, 0) is 29.6 Å². The lowest BCUT2D eigenvalue weighted by Gasteiger charge is -1.96. The Bertz CT molecular complexity index is 494. The fourth-order valence-electron chi connectivity index (χ4n) is 2.02. The maximum atomic E-state index is 5.22. The van der Waals surface area contributed by atoms with Gasteiger partial charge in [-0.3, -0.25) is 0 Å². The minimum atomic E-state index is 0.529. The molecule has 1 N–H and O–H groups in total. The van der Waals surface area contributed by atoms with Crippen LogP contribution in [0.15, 0.2) is 34.9 Å². The Kier molecular flexibility index (Phi) is 2.55. The predicted octanol–water partition coefficient (Wildman–Crippen LogP) is 2.95. The van der Waals surface area contributed by atoms with E-state index < -0.39 is 0 Å². The van der Waals surface area contributed by atoms with Gasteiger partial charge in [0.05, 0.1) is 0 Å². The molecule has 4 heteroatoms. The Hall–Kier alpha value is -1.84. The lowest BCUT2D eigenvalue weighted by molar-refractivity contribution is 0.432. The number of aromatic nitrogens is 2. The number of benzene rings is 1. The Morgan fingerprint density at radius 2 is 2.18 bits per heavy atom. The maximum Gasteiger partial charge on any atom is 0.263 e. The van der Waals surface area contributed by atoms with Crippen molar-refractivity contribution in [3.8, 4) is 11.5 Å². The van der Waals surface area contributed by atoms with Crippen molar-refractivity contribution >= 4 is 5.95 Å². The first-order valence-electron chi connectivity index (χ1n) is 6.02. The first-order valence-corrected chi connectivity index (χ1v) is 6.02. The van der Waals surface area contributed by atoms with E-state index in [2.05, 4.69) is 22.4 Å². The molecule has 1 heterocycles. The molecule has 0 aliphatic heterocycles. The van der Waals surface area contributed by atoms with Gasteiger partial charge in [0.2, 0.25) is 0 Å². The molecule has 1 aromatic heterocycles. The zero-order valence-corrected chi connectivity index (χ0v) is 9.76. The molecule has 0 radical (unpaired) electrons. The summed E-state index contributed by atoms with van der Waals surface area (Å²) in [6.45, 7) is 2.21. The van der Waals surface area contributed by atoms with Crippen LogP contribution in [0.4, 0.5) is 5.95 Å². The van der Waals surface area contributed by atoms with E-state index in [9.17, 15) is 0 Å². The van der Waals surface area contributed by atoms with Gasteiger partial charge in [0.25, 0.3) is 11.8 Å². The zero-order chi connectivity index (χ0) is 11.7. The van der Waals surface area contributed by atoms with Gasteiger partial charge in [-0.2, -0.15) is 4.98 Å². The van der Waals surface area contributed by atoms with Crippen molar-refractivity contribution in [2.24, 2.45) is 5.92 Å². The van der Waals surface area contributed by atoms with E-state index in [4.69, 9.17) is 4.52 Å². The summed E-state index contributed by atoms with van der Waals surface area (Å²) in [4.78, 5) is 4.34. The fraction of sp³-hybridized carbons (Fsp3) is 0.385. The third kappa shape index (κ3) is 2.16. The summed E-state index contributed by atoms with van der Waals surface area (Å²) in [6, 6.07) is 10.3. The van der Waals surface area contributed by atoms with Gasteiger partial charge < -0.3 is 9.84 Å². The molecule has 4 nitrogen and oxygen atoms in total. The Morgan fingerprint density at radius 1 is 1.35 bits per heavy atom. The van der Waals surface area contributed by atoms with E-state index in [1.807, 2.05) is 30.3 Å². The molecule has 0 bridgehead atoms. The van der Waals surface area contributed by atoms with Gasteiger partial charge in [-0.1, -0.05) is 31.5 Å². The van der Waals surface area contributed by atoms with E-state index in [0.29, 0.717) is 17.9 Å². The molecule has 1 saturated carbocycles. The van der Waals surface area contributed by atoms with Crippen molar-refractivity contribution in [3.05, 3.63) is 30.3 Å². The molecule has 0 amide bonds. The zero-order valence-electron chi connectivity index (χ0n) is 9.76. The average molecular weight is 229 g/mol. The minimum Gasteiger partial charge on any atom is -0.349 e. The summed E-state index contributed by atoms with van der Waals surface area (Å²) in [7, 11) is 0. The molecule has 0 spiro atoms. The number of rotatable bonds is 4. The van der Waals surface area contributed by atoms with Gasteiger partial charge in [0.1, 0.15) is 0 Å². The first-order chi connectivity index (χ1) is 8.36. The molecule has 2 atom stereocenters. The topological polar surface area (TPSA) is 51.0 Å². The first kappa shape index (κ1) is 10.3. The largest absolute Gasteiger partial charge is 0.349 e. The molecule has 1 aliphatic carbocycles. The van der Waals surface area contributed by atoms with Crippen LogP contribution in [0.2, 0.25) is 0 Å². The van der Waals surface area contributed by atoms with Gasteiger partial charge in [0.15, 0.2) is 0 Å². The van der Waals surface area contributed by atoms with Gasteiger partial charge in [0, 0.05) is 11.6 Å². The lowest BCUT2D eigenvalue weighted by Crippen LogP contribution is -2.05. The predicted molar refractivity (Wildman–Crippen MR) is 65.5 cm³/mol. The van der Waals surface area contributed by atoms with Crippen molar-refractivity contribution in [3.63, 3.8) is 0 Å². The van der Waals surface area contributed by atoms with Crippen molar-refractivity contribution < 1.29 is 4.52 Å². The van der Waals surface area contributed by atoms with Crippen LogP contribution in [0.25, 0.3) is 11.5 Å². The second-order valence-corrected chi connectivity index (χ2v) is 4.44. The third-order valence-electron chi connectivity index (χ3n) is 3.21. The summed E-state index contributed by atoms with van der Waals surface area (Å²) in [5.41, 5.74) is 0.955. The van der Waals surface area contributed by atoms with Crippen molar-refractivity contribution in [1.29, 1.82) is 0 Å². The second-order valence-electron chi connectivity index (χ2n) is 4.44. The van der Waals surface area contributed by atoms with Gasteiger partial charge >= 0.3 is 0 Å². The number of anilines is 1. The minimum absolute atomic E-state index is 0.529. The molecule has 0 saturated heterocycles. The van der Waals surface area contributed by atoms with Crippen LogP contribution < -0.4 is 5.32 Å². The van der Waals surface area contributed by atoms with Gasteiger partial charge in [-0.15, -0.1) is 0 Å². The van der Waals surface area contributed by atoms with Crippen LogP contribution >= 0.6 is 0 Å². The third-order valence-corrected chi connectivity index (χ3v) is 3.21. The highest BCUT2D eigenvalue weighted by molar-refractivity contribution is 5.53. The number of nitrogens with one attached hydrogen (secondary N) is 1. The highest BCUT2D eigenvalue weighted by Crippen LogP contribution is 2.35. The van der Waals surface area contributed by atoms with Crippen LogP contribution in [0.5, 0.6) is 0 Å². The molecule has 3 rings (SSSR count). The van der Waals surface area contributed by atoms with E-state index in [1.54, 1.807) is 0 Å². The number of hydrogen-bond donors (Lipinski definition) is 1. The molecule has 88 valence electrons. The van der Waals surface area contributed by atoms with E-state index in [1.165, 1.54) is 12.8 Å². The molecule has 1 aliphatic rings. The van der Waals surface area contributed by atoms with Crippen LogP contribution in [-0.2, 0) is 0 Å². The molecule has 1 aromatic carbocycles. The average Bonchev–Trinajstić information content (AvgIpc) is 2.96. The lowest BCUT2D eigenvalue weighted by atomic mass is 10.2. The van der Waals surface area contributed by atoms with Crippen LogP contribution in [0, 0.1) is 5.92 Å². The Labute approximate surface area is 100 Å². The SMILES string of the molecule is CCC1CC1Nc1noc(-c2ccccc2)n1. The van der Waals surface area contributed by atoms with E-state index in [0.717, 1.165) is 11.5 Å². The van der Waals surface area contributed by atoms with Crippen molar-refractivity contribution in [1.82, 2.24) is 10.1 Å². The molecule has 2 aromatic rings. The monoisotopic (exact) mass is 229 g/mol. The van der Waals surface area contributed by atoms with Crippen LogP contribution in [0.3, 0.4) is 0 Å². The van der Waals surface area contributed by atoms with Gasteiger partial charge in [-0.25, -0.2) is 0 Å². The fourth-order valence-corrected chi connectivity index (χ4v) is 2.02. The Morgan fingerprint density at radius 3 is 2.88 bits per heavy atom. The molecule has 17 heavy (non-hydrogen) atoms. The number of hydrogen-bond acceptors (Lipinski definition) is 4. The summed E-state index contributed by atoms with van der Waals surface area (Å²) < 4.78 is 5.22. The molecule has 1 fully saturated rings. The second kappa shape index (κ2) is 4.20. The number of nitrogens with zero attached hydrogens (tertiary/aromatic N) is 2. The van der Waals surface area contributed by atoms with Crippen molar-refractivity contribution in [2.75, 3.05) is 5.32 Å². The smallest absolute Gasteiger partial charge is 0.263 e. The highest BCUT2D eigenvalue weighted by Gasteiger charge is 2.36. The van der Waals surface area contributed by atoms with Crippen LogP contribution in [-0.4, -0.2) is 16.2 Å². The molecular weight excluding hydrogens is 214 g/mol. The Balaban J connectivity index is 1.71. The maximum absolute atomic E-state index is 5.22. The summed E-state index contributed by atoms with van der Waals surface area (Å²) in [5, 5.41) is 7.24. The molecular formula is C13H15N3O. The summed E-state index contributed by atoms with van der Waals surface area (Å²) in [6.07, 6.45) is 2.42.